The molecule has 0 heterocycles. The molecule has 0 spiro atoms. The van der Waals surface area contributed by atoms with Crippen molar-refractivity contribution in [3.8, 4) is 5.75 Å². The fraction of sp³-hybridized carbons (Fsp3) is 0.552. The number of phenolic OH excluding ortho intramolecular Hbond substituents is 1. The van der Waals surface area contributed by atoms with Gasteiger partial charge in [-0.05, 0) is 45.4 Å². The van der Waals surface area contributed by atoms with E-state index in [1.807, 2.05) is 0 Å². The molecule has 20 heteroatoms. The molecule has 0 aromatic heterocycles. The summed E-state index contributed by atoms with van der Waals surface area (Å²) in [6, 6.07) is -4.95. The zero-order chi connectivity index (χ0) is 37.7. The third-order valence-corrected chi connectivity index (χ3v) is 7.04. The molecule has 0 aliphatic carbocycles. The molecule has 1 aromatic carbocycles. The molecule has 0 aliphatic heterocycles. The number of benzene rings is 1. The highest BCUT2D eigenvalue weighted by Gasteiger charge is 2.36. The van der Waals surface area contributed by atoms with E-state index in [1.54, 1.807) is 0 Å². The first-order valence-electron chi connectivity index (χ1n) is 14.9. The Labute approximate surface area is 280 Å². The molecule has 0 unspecified atom stereocenters. The van der Waals surface area contributed by atoms with Crippen molar-refractivity contribution >= 4 is 41.4 Å². The van der Waals surface area contributed by atoms with Crippen molar-refractivity contribution in [2.24, 2.45) is 11.5 Å². The van der Waals surface area contributed by atoms with E-state index in [4.69, 9.17) is 11.5 Å². The van der Waals surface area contributed by atoms with E-state index >= 15 is 0 Å². The molecule has 20 nitrogen and oxygen atoms in total. The quantitative estimate of drug-likeness (QED) is 0.0640. The van der Waals surface area contributed by atoms with Crippen molar-refractivity contribution in [3.63, 3.8) is 0 Å². The van der Waals surface area contributed by atoms with Gasteiger partial charge in [0.1, 0.15) is 36.0 Å². The number of carbonyl (C=O) groups excluding carboxylic acids is 6. The Balaban J connectivity index is 3.30. The number of aromatic hydroxyl groups is 1. The maximum absolute atomic E-state index is 13.4. The van der Waals surface area contributed by atoms with Crippen LogP contribution in [0.25, 0.3) is 0 Å². The molecule has 0 radical (unpaired) electrons. The second kappa shape index (κ2) is 19.2. The first-order valence-corrected chi connectivity index (χ1v) is 14.9. The van der Waals surface area contributed by atoms with Gasteiger partial charge >= 0.3 is 5.97 Å². The Morgan fingerprint density at radius 1 is 0.612 bits per heavy atom. The van der Waals surface area contributed by atoms with Crippen LogP contribution in [0.3, 0.4) is 0 Å². The summed E-state index contributed by atoms with van der Waals surface area (Å²) in [6.45, 7) is 4.50. The number of aliphatic hydroxyl groups excluding tert-OH is 4. The SMILES string of the molecule is C[C@@H](O)[C@H](N)C(=O)N[C@H](C(=O)N[C@H](C(=O)N[C@@H](CC(N)=O)C(=O)N[C@@H](Cc1ccc(O)cc1)C(=O)N[C@H](C(=O)O)[C@@H](C)O)[C@@H](C)O)[C@@H](C)O. The highest BCUT2D eigenvalue weighted by molar-refractivity contribution is 5.98. The van der Waals surface area contributed by atoms with Crippen LogP contribution in [-0.4, -0.2) is 133 Å². The predicted octanol–water partition coefficient (Wildman–Crippen LogP) is -5.83. The number of amides is 6. The Morgan fingerprint density at radius 2 is 1.02 bits per heavy atom. The van der Waals surface area contributed by atoms with Crippen molar-refractivity contribution in [1.82, 2.24) is 26.6 Å². The lowest BCUT2D eigenvalue weighted by Gasteiger charge is -2.28. The van der Waals surface area contributed by atoms with Crippen molar-refractivity contribution in [2.75, 3.05) is 0 Å². The number of nitrogens with two attached hydrogens (primary N) is 2. The van der Waals surface area contributed by atoms with Gasteiger partial charge in [-0.15, -0.1) is 0 Å². The van der Waals surface area contributed by atoms with Gasteiger partial charge < -0.3 is 68.7 Å². The first kappa shape index (κ1) is 42.1. The third-order valence-electron chi connectivity index (χ3n) is 7.04. The summed E-state index contributed by atoms with van der Waals surface area (Å²) < 4.78 is 0. The molecular weight excluding hydrogens is 654 g/mol. The summed E-state index contributed by atoms with van der Waals surface area (Å²) in [6.07, 6.45) is -7.29. The van der Waals surface area contributed by atoms with Gasteiger partial charge in [0.15, 0.2) is 6.04 Å². The predicted molar refractivity (Wildman–Crippen MR) is 168 cm³/mol. The molecule has 0 fully saturated rings. The minimum Gasteiger partial charge on any atom is -0.508 e. The van der Waals surface area contributed by atoms with Crippen molar-refractivity contribution in [2.45, 2.75) is 101 Å². The second-order valence-corrected chi connectivity index (χ2v) is 11.4. The van der Waals surface area contributed by atoms with Gasteiger partial charge in [-0.25, -0.2) is 4.79 Å². The van der Waals surface area contributed by atoms with Gasteiger partial charge in [0, 0.05) is 6.42 Å². The van der Waals surface area contributed by atoms with Crippen molar-refractivity contribution in [1.29, 1.82) is 0 Å². The molecule has 6 amide bonds. The number of aliphatic hydroxyl groups is 4. The molecule has 49 heavy (non-hydrogen) atoms. The van der Waals surface area contributed by atoms with Crippen molar-refractivity contribution in [3.05, 3.63) is 29.8 Å². The number of rotatable bonds is 19. The second-order valence-electron chi connectivity index (χ2n) is 11.4. The zero-order valence-corrected chi connectivity index (χ0v) is 27.2. The van der Waals surface area contributed by atoms with Crippen LogP contribution in [0.15, 0.2) is 24.3 Å². The number of primary amides is 1. The number of nitrogens with one attached hydrogen (secondary N) is 5. The highest BCUT2D eigenvalue weighted by Crippen LogP contribution is 2.12. The molecule has 0 saturated carbocycles. The minimum atomic E-state index is -1.86. The molecule has 1 aromatic rings. The van der Waals surface area contributed by atoms with Crippen LogP contribution in [0.5, 0.6) is 5.75 Å². The van der Waals surface area contributed by atoms with E-state index in [0.717, 1.165) is 20.8 Å². The van der Waals surface area contributed by atoms with E-state index in [-0.39, 0.29) is 12.2 Å². The van der Waals surface area contributed by atoms with Crippen molar-refractivity contribution < 1.29 is 64.2 Å². The molecule has 15 N–H and O–H groups in total. The van der Waals surface area contributed by atoms with Crippen LogP contribution in [0.2, 0.25) is 0 Å². The van der Waals surface area contributed by atoms with Crippen LogP contribution in [-0.2, 0) is 40.0 Å². The summed E-state index contributed by atoms with van der Waals surface area (Å²) in [5.41, 5.74) is 11.2. The van der Waals surface area contributed by atoms with Gasteiger partial charge in [0.2, 0.25) is 35.4 Å². The normalized spacial score (nSPS) is 17.2. The Hall–Kier alpha value is -4.89. The number of phenols is 1. The van der Waals surface area contributed by atoms with E-state index in [0.29, 0.717) is 5.56 Å². The number of hydrogen-bond acceptors (Lipinski definition) is 13. The highest BCUT2D eigenvalue weighted by atomic mass is 16.4. The summed E-state index contributed by atoms with van der Waals surface area (Å²) >= 11 is 0. The third kappa shape index (κ3) is 13.6. The molecule has 10 atom stereocenters. The largest absolute Gasteiger partial charge is 0.508 e. The number of aliphatic carboxylic acids is 1. The summed E-state index contributed by atoms with van der Waals surface area (Å²) in [5, 5.41) is 69.5. The average Bonchev–Trinajstić information content (AvgIpc) is 2.99. The standard InChI is InChI=1S/C29H45N7O13/c1-11(37)20(31)26(45)34-22(13(3)39)28(47)35-21(12(2)38)27(46)33-18(10-19(30)42)24(43)32-17(9-15-5-7-16(41)8-6-15)25(44)36-23(14(4)40)29(48)49/h5-8,11-14,17-18,20-23,37-41H,9-10,31H2,1-4H3,(H2,30,42)(H,32,43)(H,33,46)(H,34,45)(H,35,47)(H,36,44)(H,48,49)/t11-,12-,13-,14-,17+,18+,20+,21+,22+,23+/m1/s1. The van der Waals surface area contributed by atoms with Gasteiger partial charge in [-0.3, -0.25) is 28.8 Å². The fourth-order valence-corrected chi connectivity index (χ4v) is 4.19. The topological polar surface area (TPSA) is 353 Å². The number of hydrogen-bond donors (Lipinski definition) is 13. The molecule has 1 rings (SSSR count). The number of carboxylic acids is 1. The summed E-state index contributed by atoms with van der Waals surface area (Å²) in [4.78, 5) is 88.5. The van der Waals surface area contributed by atoms with Gasteiger partial charge in [-0.1, -0.05) is 12.1 Å². The van der Waals surface area contributed by atoms with Crippen LogP contribution in [0.1, 0.15) is 39.7 Å². The molecule has 0 aliphatic rings. The zero-order valence-electron chi connectivity index (χ0n) is 27.2. The maximum Gasteiger partial charge on any atom is 0.328 e. The first-order chi connectivity index (χ1) is 22.7. The van der Waals surface area contributed by atoms with Crippen LogP contribution in [0, 0.1) is 0 Å². The van der Waals surface area contributed by atoms with Gasteiger partial charge in [0.05, 0.1) is 30.8 Å². The van der Waals surface area contributed by atoms with E-state index in [1.165, 1.54) is 31.2 Å². The molecule has 0 bridgehead atoms. The Bertz CT molecular complexity index is 1340. The summed E-state index contributed by atoms with van der Waals surface area (Å²) in [7, 11) is 0. The fourth-order valence-electron chi connectivity index (χ4n) is 4.19. The van der Waals surface area contributed by atoms with E-state index < -0.39 is 109 Å². The van der Waals surface area contributed by atoms with Crippen LogP contribution in [0.4, 0.5) is 0 Å². The lowest BCUT2D eigenvalue weighted by atomic mass is 10.0. The van der Waals surface area contributed by atoms with E-state index in [2.05, 4.69) is 26.6 Å². The molecule has 274 valence electrons. The van der Waals surface area contributed by atoms with Crippen LogP contribution < -0.4 is 38.1 Å². The molecular formula is C29H45N7O13. The van der Waals surface area contributed by atoms with Crippen LogP contribution >= 0.6 is 0 Å². The smallest absolute Gasteiger partial charge is 0.328 e. The lowest BCUT2D eigenvalue weighted by Crippen LogP contribution is -2.63. The Morgan fingerprint density at radius 3 is 1.45 bits per heavy atom. The summed E-state index contributed by atoms with van der Waals surface area (Å²) in [5.74, 6) is -8.56. The van der Waals surface area contributed by atoms with Gasteiger partial charge in [0.25, 0.3) is 0 Å². The monoisotopic (exact) mass is 699 g/mol. The van der Waals surface area contributed by atoms with E-state index in [9.17, 15) is 64.2 Å². The number of carbonyl (C=O) groups is 7. The lowest BCUT2D eigenvalue weighted by molar-refractivity contribution is -0.145. The molecule has 0 saturated heterocycles. The number of carboxylic acid groups (broad SMARTS) is 1. The van der Waals surface area contributed by atoms with Gasteiger partial charge in [-0.2, -0.15) is 0 Å². The minimum absolute atomic E-state index is 0.122. The maximum atomic E-state index is 13.4. The Kier molecular flexibility index (Phi) is 16.5. The average molecular weight is 700 g/mol.